The third kappa shape index (κ3) is 4.27. The van der Waals surface area contributed by atoms with Crippen LogP contribution in [0.2, 0.25) is 5.02 Å². The Morgan fingerprint density at radius 1 is 1.14 bits per heavy atom. The number of thiazole rings is 1. The van der Waals surface area contributed by atoms with E-state index in [0.29, 0.717) is 10.2 Å². The van der Waals surface area contributed by atoms with Crippen LogP contribution in [0.25, 0.3) is 16.9 Å². The second-order valence-corrected chi connectivity index (χ2v) is 8.05. The molecular weight excluding hydrogens is 412 g/mol. The lowest BCUT2D eigenvalue weighted by atomic mass is 10.1. The molecule has 0 saturated carbocycles. The Balaban J connectivity index is 1.63. The number of halogens is 1. The van der Waals surface area contributed by atoms with Crippen molar-refractivity contribution in [3.8, 4) is 16.9 Å². The molecule has 0 aliphatic rings. The second kappa shape index (κ2) is 8.60. The van der Waals surface area contributed by atoms with Crippen molar-refractivity contribution in [3.05, 3.63) is 77.4 Å². The summed E-state index contributed by atoms with van der Waals surface area (Å²) in [5.41, 5.74) is 2.87. The van der Waals surface area contributed by atoms with Gasteiger partial charge in [-0.05, 0) is 18.2 Å². The van der Waals surface area contributed by atoms with Gasteiger partial charge in [0.05, 0.1) is 17.6 Å². The molecule has 0 fully saturated rings. The first-order valence-corrected chi connectivity index (χ1v) is 10.7. The van der Waals surface area contributed by atoms with Gasteiger partial charge in [0.15, 0.2) is 10.3 Å². The predicted molar refractivity (Wildman–Crippen MR) is 115 cm³/mol. The van der Waals surface area contributed by atoms with Crippen molar-refractivity contribution in [2.75, 3.05) is 11.1 Å². The van der Waals surface area contributed by atoms with Gasteiger partial charge in [0.2, 0.25) is 5.91 Å². The molecule has 2 aromatic heterocycles. The third-order valence-electron chi connectivity index (χ3n) is 3.88. The quantitative estimate of drug-likeness (QED) is 0.420. The standard InChI is InChI=1S/C20H15ClN4OS2/c21-15-7-4-8-16(11-15)25-17(14-5-2-1-3-6-14)12-23-20(25)28-13-18(26)24-19-22-9-10-27-19/h1-12H,13H2,(H,22,24,26). The first-order valence-electron chi connectivity index (χ1n) is 8.42. The summed E-state index contributed by atoms with van der Waals surface area (Å²) < 4.78 is 2.02. The summed E-state index contributed by atoms with van der Waals surface area (Å²) in [6.45, 7) is 0. The molecule has 0 aliphatic heterocycles. The molecule has 0 saturated heterocycles. The predicted octanol–water partition coefficient (Wildman–Crippen LogP) is 5.38. The molecule has 4 rings (SSSR count). The molecule has 8 heteroatoms. The average Bonchev–Trinajstić information content (AvgIpc) is 3.36. The number of carbonyl (C=O) groups excluding carboxylic acids is 1. The van der Waals surface area contributed by atoms with Gasteiger partial charge in [0, 0.05) is 27.9 Å². The van der Waals surface area contributed by atoms with Crippen molar-refractivity contribution in [2.45, 2.75) is 5.16 Å². The molecule has 0 spiro atoms. The Hall–Kier alpha value is -2.61. The highest BCUT2D eigenvalue weighted by Crippen LogP contribution is 2.30. The second-order valence-electron chi connectivity index (χ2n) is 5.78. The smallest absolute Gasteiger partial charge is 0.236 e. The average molecular weight is 427 g/mol. The van der Waals surface area contributed by atoms with Crippen molar-refractivity contribution in [3.63, 3.8) is 0 Å². The van der Waals surface area contributed by atoms with Crippen LogP contribution in [0.3, 0.4) is 0 Å². The molecule has 140 valence electrons. The molecule has 0 aliphatic carbocycles. The fraction of sp³-hybridized carbons (Fsp3) is 0.0500. The van der Waals surface area contributed by atoms with Gasteiger partial charge < -0.3 is 5.32 Å². The van der Waals surface area contributed by atoms with Gasteiger partial charge >= 0.3 is 0 Å². The Kier molecular flexibility index (Phi) is 5.76. The summed E-state index contributed by atoms with van der Waals surface area (Å²) in [6, 6.07) is 17.6. The summed E-state index contributed by atoms with van der Waals surface area (Å²) in [5.74, 6) is 0.104. The van der Waals surface area contributed by atoms with E-state index in [2.05, 4.69) is 15.3 Å². The zero-order chi connectivity index (χ0) is 19.3. The van der Waals surface area contributed by atoms with Gasteiger partial charge in [-0.2, -0.15) is 0 Å². The lowest BCUT2D eigenvalue weighted by molar-refractivity contribution is -0.113. The highest BCUT2D eigenvalue weighted by Gasteiger charge is 2.16. The Bertz CT molecular complexity index is 1080. The van der Waals surface area contributed by atoms with E-state index in [0.717, 1.165) is 22.1 Å². The minimum Gasteiger partial charge on any atom is -0.301 e. The highest BCUT2D eigenvalue weighted by molar-refractivity contribution is 7.99. The molecular formula is C20H15ClN4OS2. The monoisotopic (exact) mass is 426 g/mol. The van der Waals surface area contributed by atoms with Gasteiger partial charge in [0.1, 0.15) is 0 Å². The van der Waals surface area contributed by atoms with Crippen molar-refractivity contribution in [2.24, 2.45) is 0 Å². The van der Waals surface area contributed by atoms with Crippen LogP contribution in [-0.4, -0.2) is 26.2 Å². The number of thioether (sulfide) groups is 1. The molecule has 0 unspecified atom stereocenters. The molecule has 5 nitrogen and oxygen atoms in total. The summed E-state index contributed by atoms with van der Waals surface area (Å²) >= 11 is 8.96. The number of nitrogens with zero attached hydrogens (tertiary/aromatic N) is 3. The van der Waals surface area contributed by atoms with Crippen molar-refractivity contribution >= 4 is 45.7 Å². The Labute approximate surface area is 175 Å². The van der Waals surface area contributed by atoms with Gasteiger partial charge in [-0.3, -0.25) is 9.36 Å². The maximum absolute atomic E-state index is 12.2. The van der Waals surface area contributed by atoms with E-state index in [1.807, 2.05) is 70.7 Å². The molecule has 28 heavy (non-hydrogen) atoms. The number of hydrogen-bond acceptors (Lipinski definition) is 5. The van der Waals surface area contributed by atoms with E-state index in [9.17, 15) is 4.79 Å². The lowest BCUT2D eigenvalue weighted by Crippen LogP contribution is -2.14. The highest BCUT2D eigenvalue weighted by atomic mass is 35.5. The maximum atomic E-state index is 12.2. The Morgan fingerprint density at radius 3 is 2.75 bits per heavy atom. The minimum atomic E-state index is -0.123. The van der Waals surface area contributed by atoms with Gasteiger partial charge in [0.25, 0.3) is 0 Å². The zero-order valence-corrected chi connectivity index (χ0v) is 17.0. The number of rotatable bonds is 6. The first-order chi connectivity index (χ1) is 13.7. The summed E-state index contributed by atoms with van der Waals surface area (Å²) in [7, 11) is 0. The SMILES string of the molecule is O=C(CSc1ncc(-c2ccccc2)n1-c1cccc(Cl)c1)Nc1nccs1. The van der Waals surface area contributed by atoms with Crippen molar-refractivity contribution in [1.82, 2.24) is 14.5 Å². The van der Waals surface area contributed by atoms with Crippen molar-refractivity contribution < 1.29 is 4.79 Å². The number of carbonyl (C=O) groups is 1. The number of nitrogens with one attached hydrogen (secondary N) is 1. The molecule has 1 N–H and O–H groups in total. The topological polar surface area (TPSA) is 59.8 Å². The fourth-order valence-electron chi connectivity index (χ4n) is 2.68. The third-order valence-corrected chi connectivity index (χ3v) is 5.75. The van der Waals surface area contributed by atoms with Crippen LogP contribution < -0.4 is 5.32 Å². The molecule has 1 amide bonds. The van der Waals surface area contributed by atoms with Crippen LogP contribution in [-0.2, 0) is 4.79 Å². The van der Waals surface area contributed by atoms with E-state index in [1.165, 1.54) is 23.1 Å². The van der Waals surface area contributed by atoms with Crippen LogP contribution in [0, 0.1) is 0 Å². The number of aromatic nitrogens is 3. The summed E-state index contributed by atoms with van der Waals surface area (Å²) in [6.07, 6.45) is 3.47. The maximum Gasteiger partial charge on any atom is 0.236 e. The molecule has 2 heterocycles. The first kappa shape index (κ1) is 18.7. The summed E-state index contributed by atoms with van der Waals surface area (Å²) in [4.78, 5) is 20.9. The minimum absolute atomic E-state index is 0.123. The number of benzene rings is 2. The Morgan fingerprint density at radius 2 is 2.00 bits per heavy atom. The number of anilines is 1. The van der Waals surface area contributed by atoms with E-state index < -0.39 is 0 Å². The molecule has 4 aromatic rings. The molecule has 2 aromatic carbocycles. The number of imidazole rings is 1. The molecule has 0 atom stereocenters. The number of amides is 1. The largest absolute Gasteiger partial charge is 0.301 e. The van der Waals surface area contributed by atoms with Crippen molar-refractivity contribution in [1.29, 1.82) is 0 Å². The van der Waals surface area contributed by atoms with Gasteiger partial charge in [-0.1, -0.05) is 59.8 Å². The van der Waals surface area contributed by atoms with Crippen LogP contribution >= 0.6 is 34.7 Å². The molecule has 0 bridgehead atoms. The molecule has 0 radical (unpaired) electrons. The van der Waals surface area contributed by atoms with E-state index >= 15 is 0 Å². The van der Waals surface area contributed by atoms with Crippen LogP contribution in [0.5, 0.6) is 0 Å². The van der Waals surface area contributed by atoms with E-state index in [-0.39, 0.29) is 11.7 Å². The van der Waals surface area contributed by atoms with Crippen LogP contribution in [0.4, 0.5) is 5.13 Å². The van der Waals surface area contributed by atoms with Gasteiger partial charge in [-0.25, -0.2) is 9.97 Å². The summed E-state index contributed by atoms with van der Waals surface area (Å²) in [5, 5.41) is 6.56. The normalized spacial score (nSPS) is 10.8. The van der Waals surface area contributed by atoms with Crippen LogP contribution in [0.1, 0.15) is 0 Å². The number of hydrogen-bond donors (Lipinski definition) is 1. The van der Waals surface area contributed by atoms with Crippen LogP contribution in [0.15, 0.2) is 77.5 Å². The zero-order valence-electron chi connectivity index (χ0n) is 14.6. The van der Waals surface area contributed by atoms with E-state index in [4.69, 9.17) is 11.6 Å². The van der Waals surface area contributed by atoms with Gasteiger partial charge in [-0.15, -0.1) is 11.3 Å². The lowest BCUT2D eigenvalue weighted by Gasteiger charge is -2.12. The fourth-order valence-corrected chi connectivity index (χ4v) is 4.21. The van der Waals surface area contributed by atoms with E-state index in [1.54, 1.807) is 6.20 Å².